The van der Waals surface area contributed by atoms with Crippen LogP contribution in [0, 0.1) is 0 Å². The molecule has 2 aromatic rings. The van der Waals surface area contributed by atoms with Crippen LogP contribution in [-0.2, 0) is 17.8 Å². The summed E-state index contributed by atoms with van der Waals surface area (Å²) >= 11 is 3.43. The summed E-state index contributed by atoms with van der Waals surface area (Å²) < 4.78 is 6.27. The summed E-state index contributed by atoms with van der Waals surface area (Å²) in [7, 11) is 0. The zero-order valence-corrected chi connectivity index (χ0v) is 15.2. The van der Waals surface area contributed by atoms with E-state index in [-0.39, 0.29) is 6.09 Å². The Kier molecular flexibility index (Phi) is 5.77. The number of aromatic nitrogens is 1. The predicted molar refractivity (Wildman–Crippen MR) is 93.9 cm³/mol. The van der Waals surface area contributed by atoms with Crippen LogP contribution in [0.4, 0.5) is 4.79 Å². The Morgan fingerprint density at radius 3 is 2.43 bits per heavy atom. The van der Waals surface area contributed by atoms with Crippen LogP contribution in [0.3, 0.4) is 0 Å². The number of pyridine rings is 1. The molecule has 0 unspecified atom stereocenters. The number of amides is 1. The molecule has 0 bridgehead atoms. The molecule has 2 rings (SSSR count). The second kappa shape index (κ2) is 7.59. The highest BCUT2D eigenvalue weighted by atomic mass is 79.9. The van der Waals surface area contributed by atoms with Crippen molar-refractivity contribution in [3.05, 3.63) is 64.4 Å². The van der Waals surface area contributed by atoms with Gasteiger partial charge < -0.3 is 4.74 Å². The molecule has 4 nitrogen and oxygen atoms in total. The molecule has 0 spiro atoms. The Hall–Kier alpha value is -1.88. The molecule has 0 radical (unpaired) electrons. The lowest BCUT2D eigenvalue weighted by molar-refractivity contribution is 0.0216. The highest BCUT2D eigenvalue weighted by Crippen LogP contribution is 2.19. The minimum Gasteiger partial charge on any atom is -0.444 e. The van der Waals surface area contributed by atoms with Gasteiger partial charge in [-0.2, -0.15) is 0 Å². The molecular formula is C18H21BrN2O2. The Labute approximate surface area is 145 Å². The second-order valence-electron chi connectivity index (χ2n) is 6.28. The normalized spacial score (nSPS) is 11.1. The van der Waals surface area contributed by atoms with Gasteiger partial charge in [-0.15, -0.1) is 0 Å². The molecule has 122 valence electrons. The summed E-state index contributed by atoms with van der Waals surface area (Å²) in [5, 5.41) is 0. The molecule has 1 amide bonds. The van der Waals surface area contributed by atoms with Crippen LogP contribution >= 0.6 is 15.9 Å². The van der Waals surface area contributed by atoms with Crippen LogP contribution in [-0.4, -0.2) is 21.6 Å². The van der Waals surface area contributed by atoms with Crippen LogP contribution < -0.4 is 0 Å². The van der Waals surface area contributed by atoms with Crippen molar-refractivity contribution in [2.24, 2.45) is 0 Å². The van der Waals surface area contributed by atoms with Crippen molar-refractivity contribution in [2.75, 3.05) is 0 Å². The topological polar surface area (TPSA) is 42.4 Å². The second-order valence-corrected chi connectivity index (χ2v) is 7.03. The number of ether oxygens (including phenoxy) is 1. The first-order chi connectivity index (χ1) is 10.8. The first kappa shape index (κ1) is 17.5. The maximum Gasteiger partial charge on any atom is 0.410 e. The maximum absolute atomic E-state index is 12.5. The quantitative estimate of drug-likeness (QED) is 0.720. The van der Waals surface area contributed by atoms with Crippen LogP contribution in [0.15, 0.2) is 53.3 Å². The summed E-state index contributed by atoms with van der Waals surface area (Å²) in [5.41, 5.74) is 1.46. The van der Waals surface area contributed by atoms with Gasteiger partial charge in [0.25, 0.3) is 0 Å². The molecule has 23 heavy (non-hydrogen) atoms. The van der Waals surface area contributed by atoms with E-state index < -0.39 is 5.60 Å². The first-order valence-corrected chi connectivity index (χ1v) is 8.26. The van der Waals surface area contributed by atoms with Gasteiger partial charge in [-0.3, -0.25) is 4.90 Å². The van der Waals surface area contributed by atoms with E-state index >= 15 is 0 Å². The molecule has 1 aromatic carbocycles. The maximum atomic E-state index is 12.5. The van der Waals surface area contributed by atoms with Gasteiger partial charge in [0.15, 0.2) is 0 Å². The highest BCUT2D eigenvalue weighted by Gasteiger charge is 2.23. The van der Waals surface area contributed by atoms with E-state index in [9.17, 15) is 4.79 Å². The average molecular weight is 377 g/mol. The number of nitrogens with zero attached hydrogens (tertiary/aromatic N) is 2. The fourth-order valence-corrected chi connectivity index (χ4v) is 2.43. The number of carbonyl (C=O) groups is 1. The Balaban J connectivity index is 2.20. The lowest BCUT2D eigenvalue weighted by Crippen LogP contribution is -2.36. The number of hydrogen-bond acceptors (Lipinski definition) is 3. The number of halogens is 1. The number of benzene rings is 1. The lowest BCUT2D eigenvalue weighted by Gasteiger charge is -2.27. The van der Waals surface area contributed by atoms with Gasteiger partial charge in [0.05, 0.1) is 6.54 Å². The molecule has 0 aliphatic heterocycles. The van der Waals surface area contributed by atoms with Gasteiger partial charge in [-0.05, 0) is 48.3 Å². The largest absolute Gasteiger partial charge is 0.444 e. The van der Waals surface area contributed by atoms with Gasteiger partial charge >= 0.3 is 6.09 Å². The lowest BCUT2D eigenvalue weighted by atomic mass is 10.2. The molecule has 1 aromatic heterocycles. The van der Waals surface area contributed by atoms with Crippen molar-refractivity contribution in [3.63, 3.8) is 0 Å². The average Bonchev–Trinajstić information content (AvgIpc) is 2.48. The van der Waals surface area contributed by atoms with E-state index in [0.29, 0.717) is 13.1 Å². The number of rotatable bonds is 4. The zero-order valence-electron chi connectivity index (χ0n) is 13.6. The van der Waals surface area contributed by atoms with Crippen molar-refractivity contribution in [1.82, 2.24) is 9.88 Å². The highest BCUT2D eigenvalue weighted by molar-refractivity contribution is 9.10. The van der Waals surface area contributed by atoms with E-state index in [1.807, 2.05) is 63.2 Å². The van der Waals surface area contributed by atoms with Crippen LogP contribution in [0.2, 0.25) is 0 Å². The summed E-state index contributed by atoms with van der Waals surface area (Å²) in [6, 6.07) is 13.7. The predicted octanol–water partition coefficient (Wildman–Crippen LogP) is 4.78. The van der Waals surface area contributed by atoms with Gasteiger partial charge in [0.1, 0.15) is 10.2 Å². The van der Waals surface area contributed by atoms with E-state index in [1.165, 1.54) is 0 Å². The fraction of sp³-hybridized carbons (Fsp3) is 0.333. The SMILES string of the molecule is CC(C)(C)OC(=O)N(Cc1ccccc1)Cc1cccnc1Br. The van der Waals surface area contributed by atoms with E-state index in [0.717, 1.165) is 15.7 Å². The molecule has 0 atom stereocenters. The summed E-state index contributed by atoms with van der Waals surface area (Å²) in [6.45, 7) is 6.51. The van der Waals surface area contributed by atoms with Gasteiger partial charge in [-0.1, -0.05) is 36.4 Å². The molecule has 0 saturated carbocycles. The minimum atomic E-state index is -0.530. The summed E-state index contributed by atoms with van der Waals surface area (Å²) in [4.78, 5) is 18.4. The standard InChI is InChI=1S/C18H21BrN2O2/c1-18(2,3)23-17(22)21(12-14-8-5-4-6-9-14)13-15-10-7-11-20-16(15)19/h4-11H,12-13H2,1-3H3. The molecular weight excluding hydrogens is 356 g/mol. The zero-order chi connectivity index (χ0) is 16.9. The van der Waals surface area contributed by atoms with Crippen molar-refractivity contribution in [3.8, 4) is 0 Å². The molecule has 5 heteroatoms. The third kappa shape index (κ3) is 5.67. The first-order valence-electron chi connectivity index (χ1n) is 7.46. The van der Waals surface area contributed by atoms with Gasteiger partial charge in [0, 0.05) is 18.3 Å². The van der Waals surface area contributed by atoms with Gasteiger partial charge in [0.2, 0.25) is 0 Å². The third-order valence-electron chi connectivity index (χ3n) is 3.07. The minimum absolute atomic E-state index is 0.336. The van der Waals surface area contributed by atoms with Crippen molar-refractivity contribution < 1.29 is 9.53 Å². The number of carbonyl (C=O) groups excluding carboxylic acids is 1. The van der Waals surface area contributed by atoms with E-state index in [4.69, 9.17) is 4.74 Å². The Morgan fingerprint density at radius 1 is 1.13 bits per heavy atom. The molecule has 0 aliphatic carbocycles. The fourth-order valence-electron chi connectivity index (χ4n) is 2.06. The van der Waals surface area contributed by atoms with Gasteiger partial charge in [-0.25, -0.2) is 9.78 Å². The van der Waals surface area contributed by atoms with Crippen molar-refractivity contribution in [1.29, 1.82) is 0 Å². The molecule has 1 heterocycles. The molecule has 0 N–H and O–H groups in total. The van der Waals surface area contributed by atoms with Crippen LogP contribution in [0.5, 0.6) is 0 Å². The van der Waals surface area contributed by atoms with Crippen LogP contribution in [0.1, 0.15) is 31.9 Å². The summed E-state index contributed by atoms with van der Waals surface area (Å²) in [5.74, 6) is 0. The van der Waals surface area contributed by atoms with E-state index in [2.05, 4.69) is 20.9 Å². The smallest absolute Gasteiger partial charge is 0.410 e. The Morgan fingerprint density at radius 2 is 1.83 bits per heavy atom. The third-order valence-corrected chi connectivity index (χ3v) is 3.78. The Bertz CT molecular complexity index is 654. The van der Waals surface area contributed by atoms with Crippen molar-refractivity contribution >= 4 is 22.0 Å². The van der Waals surface area contributed by atoms with Crippen molar-refractivity contribution in [2.45, 2.75) is 39.5 Å². The summed E-state index contributed by atoms with van der Waals surface area (Å²) in [6.07, 6.45) is 1.37. The molecule has 0 saturated heterocycles. The van der Waals surface area contributed by atoms with Crippen LogP contribution in [0.25, 0.3) is 0 Å². The molecule has 0 aliphatic rings. The molecule has 0 fully saturated rings. The number of hydrogen-bond donors (Lipinski definition) is 0. The van der Waals surface area contributed by atoms with E-state index in [1.54, 1.807) is 11.1 Å². The monoisotopic (exact) mass is 376 g/mol.